The van der Waals surface area contributed by atoms with E-state index >= 15 is 0 Å². The van der Waals surface area contributed by atoms with Crippen LogP contribution in [0.1, 0.15) is 11.1 Å². The summed E-state index contributed by atoms with van der Waals surface area (Å²) in [5.74, 6) is -0.141. The van der Waals surface area contributed by atoms with Gasteiger partial charge in [0, 0.05) is 12.6 Å². The van der Waals surface area contributed by atoms with Crippen LogP contribution in [0, 0.1) is 0 Å². The average molecular weight is 203 g/mol. The third-order valence-corrected chi connectivity index (χ3v) is 2.33. The molecule has 1 aromatic rings. The summed E-state index contributed by atoms with van der Waals surface area (Å²) in [6.45, 7) is 0.404. The topological polar surface area (TPSA) is 69.6 Å². The van der Waals surface area contributed by atoms with Gasteiger partial charge in [0.15, 0.2) is 0 Å². The maximum absolute atomic E-state index is 11.1. The Labute approximate surface area is 87.4 Å². The molecule has 4 nitrogen and oxygen atoms in total. The van der Waals surface area contributed by atoms with Crippen LogP contribution in [-0.4, -0.2) is 23.1 Å². The Morgan fingerprint density at radius 3 is 2.80 bits per heavy atom. The van der Waals surface area contributed by atoms with Crippen LogP contribution in [0.25, 0.3) is 6.08 Å². The third kappa shape index (κ3) is 2.08. The van der Waals surface area contributed by atoms with Crippen molar-refractivity contribution in [2.75, 3.05) is 0 Å². The van der Waals surface area contributed by atoms with Gasteiger partial charge >= 0.3 is 7.12 Å². The van der Waals surface area contributed by atoms with E-state index in [0.29, 0.717) is 12.0 Å². The molecule has 76 valence electrons. The third-order valence-electron chi connectivity index (χ3n) is 2.33. The summed E-state index contributed by atoms with van der Waals surface area (Å²) >= 11 is 0. The van der Waals surface area contributed by atoms with Gasteiger partial charge in [-0.3, -0.25) is 4.79 Å². The van der Waals surface area contributed by atoms with Gasteiger partial charge < -0.3 is 15.4 Å². The lowest BCUT2D eigenvalue weighted by Gasteiger charge is -2.07. The Bertz CT molecular complexity index is 429. The highest BCUT2D eigenvalue weighted by Crippen LogP contribution is 2.11. The zero-order valence-electron chi connectivity index (χ0n) is 7.97. The normalized spacial score (nSPS) is 14.1. The average Bonchev–Trinajstić information content (AvgIpc) is 2.40. The fraction of sp³-hybridized carbons (Fsp3) is 0.100. The van der Waals surface area contributed by atoms with Gasteiger partial charge in [0.1, 0.15) is 0 Å². The number of carbonyl (C=O) groups excluding carboxylic acids is 1. The molecule has 1 aliphatic heterocycles. The molecule has 0 bridgehead atoms. The highest BCUT2D eigenvalue weighted by Gasteiger charge is 2.14. The number of hydrogen-bond acceptors (Lipinski definition) is 3. The molecule has 0 spiro atoms. The molecule has 1 heterocycles. The molecule has 5 heteroatoms. The van der Waals surface area contributed by atoms with Crippen molar-refractivity contribution in [3.8, 4) is 0 Å². The minimum atomic E-state index is -1.47. The molecule has 0 saturated heterocycles. The molecular weight excluding hydrogens is 193 g/mol. The summed E-state index contributed by atoms with van der Waals surface area (Å²) in [6, 6.07) is 5.07. The van der Waals surface area contributed by atoms with Crippen molar-refractivity contribution in [1.82, 2.24) is 5.32 Å². The van der Waals surface area contributed by atoms with E-state index in [4.69, 9.17) is 10.0 Å². The van der Waals surface area contributed by atoms with Crippen LogP contribution in [0.5, 0.6) is 0 Å². The molecule has 0 aliphatic carbocycles. The number of carbonyl (C=O) groups is 1. The van der Waals surface area contributed by atoms with Gasteiger partial charge in [-0.25, -0.2) is 0 Å². The standard InChI is InChI=1S/C10H10BNO3/c13-10-4-2-7-1-3-9(11(14)15)5-8(7)6-12-10/h1-5,14-15H,6H2,(H,12,13). The van der Waals surface area contributed by atoms with Crippen molar-refractivity contribution < 1.29 is 14.8 Å². The molecule has 0 unspecified atom stereocenters. The Hall–Kier alpha value is -1.59. The molecule has 0 saturated carbocycles. The molecule has 3 N–H and O–H groups in total. The van der Waals surface area contributed by atoms with E-state index < -0.39 is 7.12 Å². The Morgan fingerprint density at radius 2 is 2.07 bits per heavy atom. The predicted octanol–water partition coefficient (Wildman–Crippen LogP) is -0.991. The van der Waals surface area contributed by atoms with E-state index in [1.807, 2.05) is 0 Å². The molecule has 0 atom stereocenters. The Morgan fingerprint density at radius 1 is 1.27 bits per heavy atom. The summed E-state index contributed by atoms with van der Waals surface area (Å²) in [4.78, 5) is 11.1. The predicted molar refractivity (Wildman–Crippen MR) is 57.1 cm³/mol. The van der Waals surface area contributed by atoms with Crippen LogP contribution in [0.3, 0.4) is 0 Å². The van der Waals surface area contributed by atoms with Gasteiger partial charge in [0.2, 0.25) is 5.91 Å². The van der Waals surface area contributed by atoms with Crippen LogP contribution in [0.2, 0.25) is 0 Å². The molecule has 15 heavy (non-hydrogen) atoms. The van der Waals surface area contributed by atoms with Gasteiger partial charge in [0.05, 0.1) is 0 Å². The second-order valence-corrected chi connectivity index (χ2v) is 3.38. The van der Waals surface area contributed by atoms with Gasteiger partial charge in [0.25, 0.3) is 0 Å². The van der Waals surface area contributed by atoms with E-state index in [-0.39, 0.29) is 5.91 Å². The number of benzene rings is 1. The lowest BCUT2D eigenvalue weighted by molar-refractivity contribution is -0.116. The Kier molecular flexibility index (Phi) is 2.57. The van der Waals surface area contributed by atoms with E-state index in [1.54, 1.807) is 24.3 Å². The van der Waals surface area contributed by atoms with Crippen molar-refractivity contribution in [2.45, 2.75) is 6.54 Å². The largest absolute Gasteiger partial charge is 0.488 e. The molecule has 2 rings (SSSR count). The first-order valence-electron chi connectivity index (χ1n) is 4.62. The molecule has 1 amide bonds. The first-order valence-corrected chi connectivity index (χ1v) is 4.62. The van der Waals surface area contributed by atoms with Gasteiger partial charge in [-0.2, -0.15) is 0 Å². The summed E-state index contributed by atoms with van der Waals surface area (Å²) in [5.41, 5.74) is 2.22. The molecule has 0 radical (unpaired) electrons. The molecule has 1 aliphatic rings. The van der Waals surface area contributed by atoms with E-state index in [9.17, 15) is 4.79 Å². The number of fused-ring (bicyclic) bond motifs is 1. The smallest absolute Gasteiger partial charge is 0.423 e. The minimum absolute atomic E-state index is 0.141. The van der Waals surface area contributed by atoms with Crippen molar-refractivity contribution in [3.63, 3.8) is 0 Å². The molecule has 1 aromatic carbocycles. The quantitative estimate of drug-likeness (QED) is 0.513. The number of rotatable bonds is 1. The van der Waals surface area contributed by atoms with E-state index in [0.717, 1.165) is 11.1 Å². The lowest BCUT2D eigenvalue weighted by Crippen LogP contribution is -2.30. The maximum Gasteiger partial charge on any atom is 0.488 e. The SMILES string of the molecule is O=C1C=Cc2ccc(B(O)O)cc2CN1. The van der Waals surface area contributed by atoms with Crippen LogP contribution in [0.15, 0.2) is 24.3 Å². The summed E-state index contributed by atoms with van der Waals surface area (Å²) in [6.07, 6.45) is 3.17. The van der Waals surface area contributed by atoms with Gasteiger partial charge in [-0.1, -0.05) is 18.2 Å². The maximum atomic E-state index is 11.1. The van der Waals surface area contributed by atoms with E-state index in [2.05, 4.69) is 5.32 Å². The van der Waals surface area contributed by atoms with Crippen molar-refractivity contribution in [3.05, 3.63) is 35.4 Å². The highest BCUT2D eigenvalue weighted by molar-refractivity contribution is 6.58. The van der Waals surface area contributed by atoms with E-state index in [1.165, 1.54) is 6.08 Å². The Balaban J connectivity index is 2.40. The van der Waals surface area contributed by atoms with Crippen molar-refractivity contribution >= 4 is 24.6 Å². The summed E-state index contributed by atoms with van der Waals surface area (Å²) in [7, 11) is -1.47. The number of nitrogens with one attached hydrogen (secondary N) is 1. The lowest BCUT2D eigenvalue weighted by atomic mass is 9.79. The first-order chi connectivity index (χ1) is 7.16. The summed E-state index contributed by atoms with van der Waals surface area (Å²) < 4.78 is 0. The minimum Gasteiger partial charge on any atom is -0.423 e. The summed E-state index contributed by atoms with van der Waals surface area (Å²) in [5, 5.41) is 20.7. The molecule has 0 fully saturated rings. The first kappa shape index (κ1) is 9.95. The molecular formula is C10H10BNO3. The van der Waals surface area contributed by atoms with Gasteiger partial charge in [-0.05, 0) is 22.7 Å². The van der Waals surface area contributed by atoms with Crippen molar-refractivity contribution in [1.29, 1.82) is 0 Å². The van der Waals surface area contributed by atoms with Gasteiger partial charge in [-0.15, -0.1) is 0 Å². The van der Waals surface area contributed by atoms with Crippen LogP contribution in [0.4, 0.5) is 0 Å². The van der Waals surface area contributed by atoms with Crippen molar-refractivity contribution in [2.24, 2.45) is 0 Å². The second kappa shape index (κ2) is 3.88. The fourth-order valence-corrected chi connectivity index (χ4v) is 1.51. The number of hydrogen-bond donors (Lipinski definition) is 3. The fourth-order valence-electron chi connectivity index (χ4n) is 1.51. The highest BCUT2D eigenvalue weighted by atomic mass is 16.4. The van der Waals surface area contributed by atoms with Crippen LogP contribution < -0.4 is 10.8 Å². The van der Waals surface area contributed by atoms with Crippen LogP contribution >= 0.6 is 0 Å². The monoisotopic (exact) mass is 203 g/mol. The number of amides is 1. The zero-order chi connectivity index (χ0) is 10.8. The second-order valence-electron chi connectivity index (χ2n) is 3.38. The van der Waals surface area contributed by atoms with Crippen LogP contribution in [-0.2, 0) is 11.3 Å². The molecule has 0 aromatic heterocycles. The zero-order valence-corrected chi connectivity index (χ0v) is 7.97.